The maximum Gasteiger partial charge on any atom is 0.240 e. The number of rotatable bonds is 7. The normalized spacial score (nSPS) is 11.9. The molecule has 1 aromatic heterocycles. The van der Waals surface area contributed by atoms with Gasteiger partial charge in [0.1, 0.15) is 0 Å². The second-order valence-electron chi connectivity index (χ2n) is 5.27. The van der Waals surface area contributed by atoms with Crippen LogP contribution < -0.4 is 4.72 Å². The van der Waals surface area contributed by atoms with E-state index in [4.69, 9.17) is 0 Å². The maximum atomic E-state index is 12.5. The second kappa shape index (κ2) is 7.65. The van der Waals surface area contributed by atoms with Crippen LogP contribution >= 0.6 is 23.1 Å². The van der Waals surface area contributed by atoms with E-state index in [9.17, 15) is 8.42 Å². The van der Waals surface area contributed by atoms with Crippen LogP contribution in [0.5, 0.6) is 0 Å². The van der Waals surface area contributed by atoms with E-state index in [1.54, 1.807) is 41.3 Å². The molecule has 0 radical (unpaired) electrons. The highest BCUT2D eigenvalue weighted by molar-refractivity contribution is 8.01. The van der Waals surface area contributed by atoms with Crippen LogP contribution in [0.3, 0.4) is 0 Å². The minimum Gasteiger partial charge on any atom is -0.230 e. The van der Waals surface area contributed by atoms with E-state index in [2.05, 4.69) is 16.6 Å². The molecule has 7 heteroatoms. The van der Waals surface area contributed by atoms with Gasteiger partial charge in [0.25, 0.3) is 0 Å². The summed E-state index contributed by atoms with van der Waals surface area (Å²) in [5.41, 5.74) is 1.78. The number of thioether (sulfide) groups is 1. The zero-order valence-electron chi connectivity index (χ0n) is 13.2. The van der Waals surface area contributed by atoms with Crippen molar-refractivity contribution in [3.63, 3.8) is 0 Å². The number of hydrogen-bond acceptors (Lipinski definition) is 5. The van der Waals surface area contributed by atoms with Gasteiger partial charge < -0.3 is 0 Å². The maximum absolute atomic E-state index is 12.5. The molecule has 24 heavy (non-hydrogen) atoms. The Bertz CT molecular complexity index is 921. The molecule has 0 atom stereocenters. The van der Waals surface area contributed by atoms with Crippen LogP contribution in [0, 0.1) is 0 Å². The van der Waals surface area contributed by atoms with Crippen LogP contribution in [0.1, 0.15) is 18.9 Å². The van der Waals surface area contributed by atoms with Gasteiger partial charge in [-0.05, 0) is 30.2 Å². The van der Waals surface area contributed by atoms with Crippen molar-refractivity contribution in [1.82, 2.24) is 9.71 Å². The molecule has 126 valence electrons. The summed E-state index contributed by atoms with van der Waals surface area (Å²) in [5, 5.41) is 0. The molecule has 4 nitrogen and oxygen atoms in total. The van der Waals surface area contributed by atoms with E-state index >= 15 is 0 Å². The number of nitrogens with zero attached hydrogens (tertiary/aromatic N) is 1. The van der Waals surface area contributed by atoms with Crippen LogP contribution in [0.25, 0.3) is 10.2 Å². The number of thiazole rings is 1. The van der Waals surface area contributed by atoms with Gasteiger partial charge in [0, 0.05) is 12.3 Å². The first kappa shape index (κ1) is 17.4. The molecule has 3 aromatic rings. The van der Waals surface area contributed by atoms with E-state index < -0.39 is 10.0 Å². The first-order chi connectivity index (χ1) is 11.6. The third-order valence-corrected chi connectivity index (χ3v) is 7.16. The van der Waals surface area contributed by atoms with Gasteiger partial charge in [-0.25, -0.2) is 18.1 Å². The Morgan fingerprint density at radius 2 is 1.96 bits per heavy atom. The lowest BCUT2D eigenvalue weighted by molar-refractivity contribution is 0.581. The molecule has 2 aromatic carbocycles. The van der Waals surface area contributed by atoms with Crippen molar-refractivity contribution in [1.29, 1.82) is 0 Å². The highest BCUT2D eigenvalue weighted by Crippen LogP contribution is 2.31. The van der Waals surface area contributed by atoms with E-state index in [0.717, 1.165) is 32.3 Å². The summed E-state index contributed by atoms with van der Waals surface area (Å²) >= 11 is 3.25. The number of aromatic nitrogens is 1. The smallest absolute Gasteiger partial charge is 0.230 e. The average Bonchev–Trinajstić information content (AvgIpc) is 3.01. The minimum atomic E-state index is -3.54. The molecule has 0 bridgehead atoms. The fraction of sp³-hybridized carbons (Fsp3) is 0.235. The number of sulfonamides is 1. The molecule has 1 heterocycles. The molecule has 0 spiro atoms. The molecule has 0 aliphatic rings. The monoisotopic (exact) mass is 378 g/mol. The Morgan fingerprint density at radius 3 is 2.71 bits per heavy atom. The molecule has 3 rings (SSSR count). The van der Waals surface area contributed by atoms with Crippen LogP contribution in [-0.4, -0.2) is 19.2 Å². The molecule has 0 saturated carbocycles. The molecule has 0 amide bonds. The first-order valence-electron chi connectivity index (χ1n) is 7.65. The van der Waals surface area contributed by atoms with Crippen molar-refractivity contribution in [3.8, 4) is 0 Å². The van der Waals surface area contributed by atoms with E-state index in [1.807, 2.05) is 30.3 Å². The van der Waals surface area contributed by atoms with Gasteiger partial charge in [-0.3, -0.25) is 0 Å². The molecule has 1 N–H and O–H groups in total. The highest BCUT2D eigenvalue weighted by atomic mass is 32.2. The van der Waals surface area contributed by atoms with Crippen molar-refractivity contribution >= 4 is 43.3 Å². The fourth-order valence-electron chi connectivity index (χ4n) is 2.16. The summed E-state index contributed by atoms with van der Waals surface area (Å²) < 4.78 is 29.5. The molecule has 0 saturated heterocycles. The standard InChI is InChI=1S/C17H18N2O2S3/c1-2-10-22-17-19-15-9-8-14(11-16(15)23-17)24(20,21)18-12-13-6-4-3-5-7-13/h3-9,11,18H,2,10,12H2,1H3. The lowest BCUT2D eigenvalue weighted by atomic mass is 10.2. The molecular weight excluding hydrogens is 360 g/mol. The van der Waals surface area contributed by atoms with Gasteiger partial charge in [-0.1, -0.05) is 49.0 Å². The third kappa shape index (κ3) is 4.16. The summed E-state index contributed by atoms with van der Waals surface area (Å²) in [6.07, 6.45) is 1.09. The van der Waals surface area contributed by atoms with Crippen molar-refractivity contribution in [2.75, 3.05) is 5.75 Å². The fourth-order valence-corrected chi connectivity index (χ4v) is 5.31. The van der Waals surface area contributed by atoms with Crippen molar-refractivity contribution in [2.45, 2.75) is 29.1 Å². The topological polar surface area (TPSA) is 59.1 Å². The van der Waals surface area contributed by atoms with Gasteiger partial charge in [0.2, 0.25) is 10.0 Å². The van der Waals surface area contributed by atoms with E-state index in [-0.39, 0.29) is 11.4 Å². The minimum absolute atomic E-state index is 0.279. The quantitative estimate of drug-likeness (QED) is 0.624. The van der Waals surface area contributed by atoms with Gasteiger partial charge in [0.05, 0.1) is 15.1 Å². The predicted octanol–water partition coefficient (Wildman–Crippen LogP) is 4.28. The van der Waals surface area contributed by atoms with Gasteiger partial charge in [-0.2, -0.15) is 0 Å². The Balaban J connectivity index is 1.79. The van der Waals surface area contributed by atoms with Crippen molar-refractivity contribution < 1.29 is 8.42 Å². The largest absolute Gasteiger partial charge is 0.240 e. The van der Waals surface area contributed by atoms with Crippen molar-refractivity contribution in [2.24, 2.45) is 0 Å². The summed E-state index contributed by atoms with van der Waals surface area (Å²) in [6, 6.07) is 14.6. The molecule has 0 aliphatic carbocycles. The van der Waals surface area contributed by atoms with Crippen LogP contribution in [0.4, 0.5) is 0 Å². The van der Waals surface area contributed by atoms with Crippen LogP contribution in [0.2, 0.25) is 0 Å². The molecule has 0 fully saturated rings. The lowest BCUT2D eigenvalue weighted by Gasteiger charge is -2.06. The van der Waals surface area contributed by atoms with Crippen molar-refractivity contribution in [3.05, 3.63) is 54.1 Å². The molecular formula is C17H18N2O2S3. The van der Waals surface area contributed by atoms with Crippen LogP contribution in [-0.2, 0) is 16.6 Å². The van der Waals surface area contributed by atoms with Gasteiger partial charge in [0.15, 0.2) is 4.34 Å². The Morgan fingerprint density at radius 1 is 1.17 bits per heavy atom. The van der Waals surface area contributed by atoms with Gasteiger partial charge >= 0.3 is 0 Å². The number of fused-ring (bicyclic) bond motifs is 1. The SMILES string of the molecule is CCCSc1nc2ccc(S(=O)(=O)NCc3ccccc3)cc2s1. The zero-order chi connectivity index (χ0) is 17.0. The number of nitrogens with one attached hydrogen (secondary N) is 1. The predicted molar refractivity (Wildman–Crippen MR) is 101 cm³/mol. The zero-order valence-corrected chi connectivity index (χ0v) is 15.7. The third-order valence-electron chi connectivity index (χ3n) is 3.39. The molecule has 0 aliphatic heterocycles. The Kier molecular flexibility index (Phi) is 5.55. The average molecular weight is 379 g/mol. The number of benzene rings is 2. The van der Waals surface area contributed by atoms with Crippen LogP contribution in [0.15, 0.2) is 57.8 Å². The summed E-state index contributed by atoms with van der Waals surface area (Å²) in [7, 11) is -3.54. The highest BCUT2D eigenvalue weighted by Gasteiger charge is 2.15. The second-order valence-corrected chi connectivity index (χ2v) is 9.41. The summed E-state index contributed by atoms with van der Waals surface area (Å²) in [6.45, 7) is 2.41. The first-order valence-corrected chi connectivity index (χ1v) is 10.9. The summed E-state index contributed by atoms with van der Waals surface area (Å²) in [5.74, 6) is 1.02. The molecule has 0 unspecified atom stereocenters. The summed E-state index contributed by atoms with van der Waals surface area (Å²) in [4.78, 5) is 4.81. The van der Waals surface area contributed by atoms with E-state index in [1.165, 1.54) is 0 Å². The van der Waals surface area contributed by atoms with Gasteiger partial charge in [-0.15, -0.1) is 11.3 Å². The lowest BCUT2D eigenvalue weighted by Crippen LogP contribution is -2.23. The Labute approximate surface area is 150 Å². The van der Waals surface area contributed by atoms with E-state index in [0.29, 0.717) is 0 Å². The Hall–Kier alpha value is -1.41. The number of hydrogen-bond donors (Lipinski definition) is 1.